The van der Waals surface area contributed by atoms with E-state index in [1.54, 1.807) is 13.8 Å². The first kappa shape index (κ1) is 17.0. The topological polar surface area (TPSA) is 86.3 Å². The number of aryl methyl sites for hydroxylation is 2. The second-order valence-corrected chi connectivity index (χ2v) is 7.18. The van der Waals surface area contributed by atoms with Crippen molar-refractivity contribution in [2.45, 2.75) is 32.6 Å². The molecule has 122 valence electrons. The standard InChI is InChI=1S/C17H19NO4S/c1-10-9-11(2)13(4)16(12(10)3)23(21,22)18-15-7-5-14(6-8-15)17(19)20/h5-9,18H,1-4H3,(H,19,20)/p-1. The molecule has 1 N–H and O–H groups in total. The molecule has 23 heavy (non-hydrogen) atoms. The van der Waals surface area contributed by atoms with E-state index in [1.165, 1.54) is 24.3 Å². The quantitative estimate of drug-likeness (QED) is 0.929. The lowest BCUT2D eigenvalue weighted by Crippen LogP contribution is -2.22. The van der Waals surface area contributed by atoms with Gasteiger partial charge in [-0.1, -0.05) is 18.2 Å². The fourth-order valence-electron chi connectivity index (χ4n) is 2.46. The summed E-state index contributed by atoms with van der Waals surface area (Å²) in [5, 5.41) is 10.7. The van der Waals surface area contributed by atoms with Crippen LogP contribution in [0.15, 0.2) is 35.2 Å². The normalized spacial score (nSPS) is 11.3. The van der Waals surface area contributed by atoms with Crippen molar-refractivity contribution in [3.05, 3.63) is 58.1 Å². The first-order chi connectivity index (χ1) is 10.6. The molecule has 0 bridgehead atoms. The van der Waals surface area contributed by atoms with Crippen LogP contribution in [0.3, 0.4) is 0 Å². The highest BCUT2D eigenvalue weighted by Gasteiger charge is 2.22. The highest BCUT2D eigenvalue weighted by molar-refractivity contribution is 7.92. The van der Waals surface area contributed by atoms with Gasteiger partial charge in [0, 0.05) is 5.69 Å². The lowest BCUT2D eigenvalue weighted by molar-refractivity contribution is -0.255. The SMILES string of the molecule is Cc1cc(C)c(C)c(S(=O)(=O)Nc2ccc(C(=O)[O-])cc2)c1C. The molecular formula is C17H18NO4S-. The molecule has 2 aromatic rings. The van der Waals surface area contributed by atoms with Crippen molar-refractivity contribution in [2.24, 2.45) is 0 Å². The van der Waals surface area contributed by atoms with Gasteiger partial charge in [0.15, 0.2) is 0 Å². The van der Waals surface area contributed by atoms with E-state index in [4.69, 9.17) is 0 Å². The van der Waals surface area contributed by atoms with E-state index in [-0.39, 0.29) is 10.5 Å². The van der Waals surface area contributed by atoms with Gasteiger partial charge >= 0.3 is 0 Å². The lowest BCUT2D eigenvalue weighted by atomic mass is 10.0. The summed E-state index contributed by atoms with van der Waals surface area (Å²) in [5.41, 5.74) is 3.50. The van der Waals surface area contributed by atoms with E-state index < -0.39 is 16.0 Å². The van der Waals surface area contributed by atoms with E-state index in [0.717, 1.165) is 11.1 Å². The number of anilines is 1. The molecule has 0 heterocycles. The van der Waals surface area contributed by atoms with Gasteiger partial charge in [0.05, 0.1) is 10.9 Å². The molecule has 0 atom stereocenters. The molecule has 6 heteroatoms. The lowest BCUT2D eigenvalue weighted by Gasteiger charge is -2.17. The molecule has 0 aliphatic carbocycles. The Labute approximate surface area is 136 Å². The Kier molecular flexibility index (Phi) is 4.47. The van der Waals surface area contributed by atoms with Gasteiger partial charge < -0.3 is 9.90 Å². The number of sulfonamides is 1. The molecule has 5 nitrogen and oxygen atoms in total. The smallest absolute Gasteiger partial charge is 0.262 e. The number of hydrogen-bond acceptors (Lipinski definition) is 4. The fraction of sp³-hybridized carbons (Fsp3) is 0.235. The number of carbonyl (C=O) groups is 1. The maximum Gasteiger partial charge on any atom is 0.262 e. The molecule has 0 aromatic heterocycles. The number of aromatic carboxylic acids is 1. The Bertz CT molecular complexity index is 842. The van der Waals surface area contributed by atoms with E-state index in [1.807, 2.05) is 19.9 Å². The second-order valence-electron chi connectivity index (χ2n) is 5.56. The van der Waals surface area contributed by atoms with Crippen molar-refractivity contribution < 1.29 is 18.3 Å². The molecule has 0 fully saturated rings. The van der Waals surface area contributed by atoms with E-state index >= 15 is 0 Å². The number of benzene rings is 2. The summed E-state index contributed by atoms with van der Waals surface area (Å²) in [7, 11) is -3.77. The Morgan fingerprint density at radius 1 is 0.957 bits per heavy atom. The first-order valence-corrected chi connectivity index (χ1v) is 8.53. The number of rotatable bonds is 4. The third-order valence-electron chi connectivity index (χ3n) is 3.94. The molecule has 0 saturated heterocycles. The van der Waals surface area contributed by atoms with Crippen LogP contribution in [0.25, 0.3) is 0 Å². The summed E-state index contributed by atoms with van der Waals surface area (Å²) in [5.74, 6) is -1.31. The molecule has 2 rings (SSSR count). The number of carbonyl (C=O) groups excluding carboxylic acids is 1. The van der Waals surface area contributed by atoms with E-state index in [2.05, 4.69) is 4.72 Å². The molecular weight excluding hydrogens is 314 g/mol. The summed E-state index contributed by atoms with van der Waals surface area (Å²) in [4.78, 5) is 11.0. The predicted octanol–water partition coefficient (Wildman–Crippen LogP) is 2.08. The number of hydrogen-bond donors (Lipinski definition) is 1. The van der Waals surface area contributed by atoms with Gasteiger partial charge in [-0.15, -0.1) is 0 Å². The predicted molar refractivity (Wildman–Crippen MR) is 87.0 cm³/mol. The van der Waals surface area contributed by atoms with Crippen molar-refractivity contribution in [2.75, 3.05) is 4.72 Å². The zero-order chi connectivity index (χ0) is 17.4. The third-order valence-corrected chi connectivity index (χ3v) is 5.59. The van der Waals surface area contributed by atoms with Crippen molar-refractivity contribution >= 4 is 21.7 Å². The highest BCUT2D eigenvalue weighted by Crippen LogP contribution is 2.27. The van der Waals surface area contributed by atoms with Crippen LogP contribution in [-0.4, -0.2) is 14.4 Å². The third kappa shape index (κ3) is 3.37. The average molecular weight is 332 g/mol. The van der Waals surface area contributed by atoms with E-state index in [9.17, 15) is 18.3 Å². The number of carboxylic acids is 1. The van der Waals surface area contributed by atoms with Crippen LogP contribution in [0.4, 0.5) is 5.69 Å². The zero-order valence-electron chi connectivity index (χ0n) is 13.4. The molecule has 0 spiro atoms. The number of carboxylic acid groups (broad SMARTS) is 1. The highest BCUT2D eigenvalue weighted by atomic mass is 32.2. The van der Waals surface area contributed by atoms with Gasteiger partial charge in [0.2, 0.25) is 0 Å². The molecule has 0 amide bonds. The molecule has 2 aromatic carbocycles. The first-order valence-electron chi connectivity index (χ1n) is 7.05. The minimum atomic E-state index is -3.77. The van der Waals surface area contributed by atoms with E-state index in [0.29, 0.717) is 16.8 Å². The monoisotopic (exact) mass is 332 g/mol. The summed E-state index contributed by atoms with van der Waals surface area (Å²) in [6, 6.07) is 7.35. The maximum atomic E-state index is 12.7. The van der Waals surface area contributed by atoms with Gasteiger partial charge in [-0.25, -0.2) is 8.42 Å². The largest absolute Gasteiger partial charge is 0.545 e. The van der Waals surface area contributed by atoms with Crippen LogP contribution >= 0.6 is 0 Å². The Balaban J connectivity index is 2.46. The van der Waals surface area contributed by atoms with Crippen molar-refractivity contribution in [3.63, 3.8) is 0 Å². The minimum Gasteiger partial charge on any atom is -0.545 e. The summed E-state index contributed by atoms with van der Waals surface area (Å²) in [6.07, 6.45) is 0. The minimum absolute atomic E-state index is 0.00768. The van der Waals surface area contributed by atoms with Gasteiger partial charge in [-0.05, 0) is 67.6 Å². The van der Waals surface area contributed by atoms with Crippen LogP contribution in [0.5, 0.6) is 0 Å². The van der Waals surface area contributed by atoms with Crippen LogP contribution in [0, 0.1) is 27.7 Å². The molecule has 0 unspecified atom stereocenters. The molecule has 0 radical (unpaired) electrons. The molecule has 0 aliphatic rings. The fourth-order valence-corrected chi connectivity index (χ4v) is 4.14. The Morgan fingerprint density at radius 2 is 1.43 bits per heavy atom. The summed E-state index contributed by atoms with van der Waals surface area (Å²) < 4.78 is 27.9. The van der Waals surface area contributed by atoms with Crippen molar-refractivity contribution in [3.8, 4) is 0 Å². The Morgan fingerprint density at radius 3 is 1.87 bits per heavy atom. The van der Waals surface area contributed by atoms with Crippen molar-refractivity contribution in [1.29, 1.82) is 0 Å². The summed E-state index contributed by atoms with van der Waals surface area (Å²) in [6.45, 7) is 7.29. The van der Waals surface area contributed by atoms with Gasteiger partial charge in [-0.2, -0.15) is 0 Å². The van der Waals surface area contributed by atoms with Crippen LogP contribution in [0.1, 0.15) is 32.6 Å². The maximum absolute atomic E-state index is 12.7. The van der Waals surface area contributed by atoms with Gasteiger partial charge in [0.1, 0.15) is 0 Å². The summed E-state index contributed by atoms with van der Waals surface area (Å²) >= 11 is 0. The van der Waals surface area contributed by atoms with Crippen molar-refractivity contribution in [1.82, 2.24) is 0 Å². The second kappa shape index (κ2) is 6.04. The van der Waals surface area contributed by atoms with Gasteiger partial charge in [0.25, 0.3) is 10.0 Å². The van der Waals surface area contributed by atoms with Crippen LogP contribution in [0.2, 0.25) is 0 Å². The average Bonchev–Trinajstić information content (AvgIpc) is 2.45. The van der Waals surface area contributed by atoms with Gasteiger partial charge in [-0.3, -0.25) is 4.72 Å². The van der Waals surface area contributed by atoms with Crippen LogP contribution < -0.4 is 9.83 Å². The zero-order valence-corrected chi connectivity index (χ0v) is 14.2. The molecule has 0 saturated carbocycles. The molecule has 0 aliphatic heterocycles. The Hall–Kier alpha value is -2.34. The number of nitrogens with one attached hydrogen (secondary N) is 1. The van der Waals surface area contributed by atoms with Crippen LogP contribution in [-0.2, 0) is 10.0 Å².